The van der Waals surface area contributed by atoms with Crippen LogP contribution in [0.5, 0.6) is 5.75 Å². The Hall–Kier alpha value is -3.64. The molecule has 0 aromatic heterocycles. The van der Waals surface area contributed by atoms with E-state index in [1.54, 1.807) is 24.3 Å². The Kier molecular flexibility index (Phi) is 5.97. The Bertz CT molecular complexity index is 1250. The molecule has 0 saturated carbocycles. The van der Waals surface area contributed by atoms with Crippen LogP contribution < -0.4 is 15.0 Å². The number of nitrogens with one attached hydrogen (secondary N) is 1. The van der Waals surface area contributed by atoms with Gasteiger partial charge in [-0.3, -0.25) is 14.9 Å². The fourth-order valence-electron chi connectivity index (χ4n) is 3.45. The number of nitrogens with zero attached hydrogens (tertiary/aromatic N) is 1. The molecule has 1 heterocycles. The summed E-state index contributed by atoms with van der Waals surface area (Å²) in [7, 11) is 0. The minimum atomic E-state index is -0.812. The van der Waals surface area contributed by atoms with Crippen LogP contribution in [0, 0.1) is 0 Å². The molecule has 1 N–H and O–H groups in total. The van der Waals surface area contributed by atoms with Crippen LogP contribution in [0.1, 0.15) is 25.8 Å². The molecule has 4 amide bonds. The van der Waals surface area contributed by atoms with Crippen LogP contribution in [0.3, 0.4) is 0 Å². The minimum absolute atomic E-state index is 0.0589. The van der Waals surface area contributed by atoms with Crippen LogP contribution in [0.25, 0.3) is 16.8 Å². The van der Waals surface area contributed by atoms with E-state index in [4.69, 9.17) is 16.3 Å². The van der Waals surface area contributed by atoms with Gasteiger partial charge in [0, 0.05) is 10.6 Å². The standard InChI is InChI=1S/C25H21ClN2O4/c1-3-15(2)32-22-13-8-16-6-4-5-7-19(16)20(22)14-21-23(29)27-25(31)28(24(21)30)18-11-9-17(26)10-12-18/h4-15H,3H2,1-2H3,(H,27,29,31)/b21-14+/t15-/m1/s1. The van der Waals surface area contributed by atoms with Gasteiger partial charge in [0.25, 0.3) is 11.8 Å². The van der Waals surface area contributed by atoms with Crippen LogP contribution in [-0.2, 0) is 9.59 Å². The minimum Gasteiger partial charge on any atom is -0.490 e. The molecule has 3 aromatic rings. The number of urea groups is 1. The lowest BCUT2D eigenvalue weighted by Gasteiger charge is -2.26. The second-order valence-electron chi connectivity index (χ2n) is 7.47. The number of carbonyl (C=O) groups is 3. The van der Waals surface area contributed by atoms with Gasteiger partial charge in [-0.1, -0.05) is 48.9 Å². The second-order valence-corrected chi connectivity index (χ2v) is 7.91. The topological polar surface area (TPSA) is 75.7 Å². The van der Waals surface area contributed by atoms with Gasteiger partial charge in [0.15, 0.2) is 0 Å². The molecule has 0 spiro atoms. The quantitative estimate of drug-likeness (QED) is 0.422. The molecule has 32 heavy (non-hydrogen) atoms. The Morgan fingerprint density at radius 1 is 1.03 bits per heavy atom. The maximum atomic E-state index is 13.3. The van der Waals surface area contributed by atoms with Gasteiger partial charge >= 0.3 is 6.03 Å². The SMILES string of the molecule is CC[C@@H](C)Oc1ccc2ccccc2c1/C=C1\C(=O)NC(=O)N(c2ccc(Cl)cc2)C1=O. The zero-order valence-corrected chi connectivity index (χ0v) is 18.3. The lowest BCUT2D eigenvalue weighted by atomic mass is 9.99. The Morgan fingerprint density at radius 3 is 2.47 bits per heavy atom. The van der Waals surface area contributed by atoms with Crippen molar-refractivity contribution >= 4 is 52.0 Å². The highest BCUT2D eigenvalue weighted by Gasteiger charge is 2.37. The normalized spacial score (nSPS) is 16.4. The maximum Gasteiger partial charge on any atom is 0.335 e. The second kappa shape index (κ2) is 8.85. The van der Waals surface area contributed by atoms with Crippen LogP contribution in [0.15, 0.2) is 66.2 Å². The summed E-state index contributed by atoms with van der Waals surface area (Å²) in [5.74, 6) is -0.919. The lowest BCUT2D eigenvalue weighted by Crippen LogP contribution is -2.54. The summed E-state index contributed by atoms with van der Waals surface area (Å²) in [6.45, 7) is 3.96. The predicted octanol–water partition coefficient (Wildman–Crippen LogP) is 5.34. The molecule has 3 aromatic carbocycles. The molecule has 4 rings (SSSR count). The van der Waals surface area contributed by atoms with Crippen molar-refractivity contribution < 1.29 is 19.1 Å². The van der Waals surface area contributed by atoms with E-state index in [9.17, 15) is 14.4 Å². The van der Waals surface area contributed by atoms with Gasteiger partial charge in [-0.2, -0.15) is 0 Å². The van der Waals surface area contributed by atoms with E-state index in [2.05, 4.69) is 5.32 Å². The summed E-state index contributed by atoms with van der Waals surface area (Å²) in [5.41, 5.74) is 0.751. The largest absolute Gasteiger partial charge is 0.490 e. The number of hydrogen-bond acceptors (Lipinski definition) is 4. The fraction of sp³-hybridized carbons (Fsp3) is 0.160. The van der Waals surface area contributed by atoms with Gasteiger partial charge in [-0.05, 0) is 60.5 Å². The van der Waals surface area contributed by atoms with Gasteiger partial charge in [-0.15, -0.1) is 0 Å². The van der Waals surface area contributed by atoms with E-state index in [1.165, 1.54) is 6.08 Å². The average molecular weight is 449 g/mol. The Labute approximate surface area is 190 Å². The summed E-state index contributed by atoms with van der Waals surface area (Å²) < 4.78 is 6.08. The fourth-order valence-corrected chi connectivity index (χ4v) is 3.58. The van der Waals surface area contributed by atoms with Crippen LogP contribution in [0.2, 0.25) is 5.02 Å². The van der Waals surface area contributed by atoms with Crippen LogP contribution >= 0.6 is 11.6 Å². The molecule has 1 fully saturated rings. The number of barbiturate groups is 1. The van der Waals surface area contributed by atoms with Crippen molar-refractivity contribution in [2.24, 2.45) is 0 Å². The third-order valence-electron chi connectivity index (χ3n) is 5.31. The predicted molar refractivity (Wildman–Crippen MR) is 125 cm³/mol. The van der Waals surface area contributed by atoms with Crippen molar-refractivity contribution in [3.05, 3.63) is 76.8 Å². The number of benzene rings is 3. The molecule has 1 aliphatic heterocycles. The van der Waals surface area contributed by atoms with Gasteiger partial charge in [0.05, 0.1) is 11.8 Å². The summed E-state index contributed by atoms with van der Waals surface area (Å²) in [4.78, 5) is 39.3. The number of fused-ring (bicyclic) bond motifs is 1. The maximum absolute atomic E-state index is 13.3. The summed E-state index contributed by atoms with van der Waals surface area (Å²) >= 11 is 5.93. The van der Waals surface area contributed by atoms with E-state index < -0.39 is 17.8 Å². The first kappa shape index (κ1) is 21.6. The number of hydrogen-bond donors (Lipinski definition) is 1. The number of imide groups is 2. The Balaban J connectivity index is 1.85. The lowest BCUT2D eigenvalue weighted by molar-refractivity contribution is -0.122. The molecule has 0 unspecified atom stereocenters. The first-order chi connectivity index (χ1) is 15.4. The van der Waals surface area contributed by atoms with Gasteiger partial charge in [-0.25, -0.2) is 9.69 Å². The highest BCUT2D eigenvalue weighted by Crippen LogP contribution is 2.32. The first-order valence-corrected chi connectivity index (χ1v) is 10.6. The molecule has 1 aliphatic rings. The molecular weight excluding hydrogens is 428 g/mol. The van der Waals surface area contributed by atoms with Gasteiger partial charge in [0.2, 0.25) is 0 Å². The highest BCUT2D eigenvalue weighted by molar-refractivity contribution is 6.39. The highest BCUT2D eigenvalue weighted by atomic mass is 35.5. The molecule has 162 valence electrons. The zero-order valence-electron chi connectivity index (χ0n) is 17.6. The molecule has 7 heteroatoms. The molecule has 6 nitrogen and oxygen atoms in total. The molecule has 1 atom stereocenters. The van der Waals surface area contributed by atoms with Crippen molar-refractivity contribution in [2.75, 3.05) is 4.90 Å². The molecule has 0 bridgehead atoms. The summed E-state index contributed by atoms with van der Waals surface area (Å²) in [6.07, 6.45) is 2.23. The molecule has 0 aliphatic carbocycles. The number of ether oxygens (including phenoxy) is 1. The van der Waals surface area contributed by atoms with Crippen molar-refractivity contribution in [1.82, 2.24) is 5.32 Å². The summed E-state index contributed by atoms with van der Waals surface area (Å²) in [5, 5.41) is 4.48. The smallest absolute Gasteiger partial charge is 0.335 e. The number of rotatable bonds is 5. The zero-order chi connectivity index (χ0) is 22.8. The van der Waals surface area contributed by atoms with Gasteiger partial charge < -0.3 is 4.74 Å². The van der Waals surface area contributed by atoms with E-state index >= 15 is 0 Å². The van der Waals surface area contributed by atoms with E-state index in [0.29, 0.717) is 22.0 Å². The van der Waals surface area contributed by atoms with Crippen LogP contribution in [0.4, 0.5) is 10.5 Å². The number of anilines is 1. The van der Waals surface area contributed by atoms with Gasteiger partial charge in [0.1, 0.15) is 11.3 Å². The first-order valence-electron chi connectivity index (χ1n) is 10.2. The monoisotopic (exact) mass is 448 g/mol. The number of carbonyl (C=O) groups excluding carboxylic acids is 3. The molecular formula is C25H21ClN2O4. The van der Waals surface area contributed by atoms with Crippen molar-refractivity contribution in [3.63, 3.8) is 0 Å². The third kappa shape index (κ3) is 4.09. The van der Waals surface area contributed by atoms with E-state index in [-0.39, 0.29) is 11.7 Å². The Morgan fingerprint density at radius 2 is 1.75 bits per heavy atom. The van der Waals surface area contributed by atoms with Crippen molar-refractivity contribution in [3.8, 4) is 5.75 Å². The average Bonchev–Trinajstić information content (AvgIpc) is 2.78. The van der Waals surface area contributed by atoms with E-state index in [0.717, 1.165) is 22.1 Å². The van der Waals surface area contributed by atoms with E-state index in [1.807, 2.05) is 50.2 Å². The number of halogens is 1. The van der Waals surface area contributed by atoms with Crippen molar-refractivity contribution in [1.29, 1.82) is 0 Å². The third-order valence-corrected chi connectivity index (χ3v) is 5.56. The van der Waals surface area contributed by atoms with Crippen molar-refractivity contribution in [2.45, 2.75) is 26.4 Å². The number of amides is 4. The molecule has 0 radical (unpaired) electrons. The summed E-state index contributed by atoms with van der Waals surface area (Å²) in [6, 6.07) is 16.8. The van der Waals surface area contributed by atoms with Crippen LogP contribution in [-0.4, -0.2) is 23.9 Å². The molecule has 1 saturated heterocycles.